The third kappa shape index (κ3) is 5.25. The van der Waals surface area contributed by atoms with Gasteiger partial charge in [-0.15, -0.1) is 0 Å². The topological polar surface area (TPSA) is 29.6 Å². The van der Waals surface area contributed by atoms with Crippen molar-refractivity contribution in [1.29, 1.82) is 0 Å². The molecule has 0 spiro atoms. The molecule has 3 heteroatoms. The zero-order chi connectivity index (χ0) is 28.1. The van der Waals surface area contributed by atoms with Gasteiger partial charge in [-0.3, -0.25) is 4.99 Å². The van der Waals surface area contributed by atoms with Gasteiger partial charge in [0.15, 0.2) is 5.84 Å². The predicted octanol–water partition coefficient (Wildman–Crippen LogP) is 9.58. The number of para-hydroxylation sites is 1. The molecule has 3 nitrogen and oxygen atoms in total. The van der Waals surface area contributed by atoms with E-state index in [1.165, 1.54) is 32.9 Å². The fraction of sp³-hybridized carbons (Fsp3) is 0.0769. The summed E-state index contributed by atoms with van der Waals surface area (Å²) in [7, 11) is 0. The Morgan fingerprint density at radius 3 is 2.21 bits per heavy atom. The first-order chi connectivity index (χ1) is 20.8. The molecule has 7 rings (SSSR count). The van der Waals surface area contributed by atoms with E-state index >= 15 is 0 Å². The summed E-state index contributed by atoms with van der Waals surface area (Å²) in [6, 6.07) is 44.6. The number of hydrogen-bond acceptors (Lipinski definition) is 1. The Labute approximate surface area is 246 Å². The molecule has 0 radical (unpaired) electrons. The highest BCUT2D eigenvalue weighted by Crippen LogP contribution is 2.34. The minimum absolute atomic E-state index is 0.574. The van der Waals surface area contributed by atoms with Gasteiger partial charge in [-0.2, -0.15) is 0 Å². The molecule has 0 aliphatic heterocycles. The summed E-state index contributed by atoms with van der Waals surface area (Å²) in [5.74, 6) is 0.718. The number of fused-ring (bicyclic) bond motifs is 3. The van der Waals surface area contributed by atoms with E-state index in [4.69, 9.17) is 9.98 Å². The molecule has 1 aliphatic rings. The first-order valence-corrected chi connectivity index (χ1v) is 14.5. The second-order valence-electron chi connectivity index (χ2n) is 10.6. The highest BCUT2D eigenvalue weighted by atomic mass is 15.0. The van der Waals surface area contributed by atoms with Crippen molar-refractivity contribution in [3.05, 3.63) is 168 Å². The number of rotatable bonds is 6. The van der Waals surface area contributed by atoms with Crippen LogP contribution in [0.4, 0.5) is 0 Å². The lowest BCUT2D eigenvalue weighted by Gasteiger charge is -2.11. The van der Waals surface area contributed by atoms with Gasteiger partial charge in [0.2, 0.25) is 0 Å². The summed E-state index contributed by atoms with van der Waals surface area (Å²) in [6.07, 6.45) is 11.0. The van der Waals surface area contributed by atoms with Gasteiger partial charge in [0.05, 0.1) is 17.6 Å². The fourth-order valence-electron chi connectivity index (χ4n) is 5.65. The Balaban J connectivity index is 1.28. The minimum Gasteiger partial charge on any atom is -0.309 e. The molecule has 1 heterocycles. The van der Waals surface area contributed by atoms with Gasteiger partial charge in [-0.05, 0) is 77.6 Å². The SMILES string of the molecule is C1=CC(c2ccc3c(c2)c2ccccc2n3-c2ccc(C(N=Cc3ccccc3)=NCc3ccccc3)cc2)=CCC1. The van der Waals surface area contributed by atoms with Crippen LogP contribution in [0.5, 0.6) is 0 Å². The normalized spacial score (nSPS) is 13.7. The van der Waals surface area contributed by atoms with E-state index in [9.17, 15) is 0 Å². The van der Waals surface area contributed by atoms with Crippen molar-refractivity contribution in [2.75, 3.05) is 0 Å². The Kier molecular flexibility index (Phi) is 7.14. The van der Waals surface area contributed by atoms with Gasteiger partial charge in [0.25, 0.3) is 0 Å². The lowest BCUT2D eigenvalue weighted by atomic mass is 9.98. The molecule has 0 saturated heterocycles. The molecule has 0 saturated carbocycles. The molecule has 0 bridgehead atoms. The highest BCUT2D eigenvalue weighted by molar-refractivity contribution is 6.10. The van der Waals surface area contributed by atoms with Crippen LogP contribution in [-0.2, 0) is 6.54 Å². The largest absolute Gasteiger partial charge is 0.309 e. The van der Waals surface area contributed by atoms with Crippen molar-refractivity contribution in [1.82, 2.24) is 4.57 Å². The average molecular weight is 542 g/mol. The molecular formula is C39H31N3. The van der Waals surface area contributed by atoms with Crippen LogP contribution in [-0.4, -0.2) is 16.6 Å². The van der Waals surface area contributed by atoms with Crippen LogP contribution < -0.4 is 0 Å². The van der Waals surface area contributed by atoms with Crippen LogP contribution in [0.2, 0.25) is 0 Å². The number of benzene rings is 5. The number of aliphatic imine (C=N–C) groups is 2. The van der Waals surface area contributed by atoms with E-state index in [2.05, 4.69) is 114 Å². The second kappa shape index (κ2) is 11.7. The molecule has 0 N–H and O–H groups in total. The van der Waals surface area contributed by atoms with E-state index in [1.54, 1.807) is 0 Å². The zero-order valence-electron chi connectivity index (χ0n) is 23.4. The fourth-order valence-corrected chi connectivity index (χ4v) is 5.65. The van der Waals surface area contributed by atoms with Crippen LogP contribution in [0.3, 0.4) is 0 Å². The summed E-state index contributed by atoms with van der Waals surface area (Å²) in [5.41, 5.74) is 9.29. The maximum absolute atomic E-state index is 4.93. The monoisotopic (exact) mass is 541 g/mol. The van der Waals surface area contributed by atoms with Gasteiger partial charge in [-0.25, -0.2) is 4.99 Å². The maximum atomic E-state index is 4.93. The Hall–Kier alpha value is -5.28. The smallest absolute Gasteiger partial charge is 0.154 e. The molecule has 0 fully saturated rings. The molecule has 6 aromatic rings. The molecule has 42 heavy (non-hydrogen) atoms. The number of amidine groups is 1. The lowest BCUT2D eigenvalue weighted by Crippen LogP contribution is -2.01. The van der Waals surface area contributed by atoms with Crippen LogP contribution in [0.1, 0.15) is 35.1 Å². The molecule has 202 valence electrons. The Morgan fingerprint density at radius 1 is 0.690 bits per heavy atom. The summed E-state index contributed by atoms with van der Waals surface area (Å²) in [5, 5.41) is 2.53. The van der Waals surface area contributed by atoms with Gasteiger partial charge < -0.3 is 4.57 Å². The van der Waals surface area contributed by atoms with Gasteiger partial charge >= 0.3 is 0 Å². The number of allylic oxidation sites excluding steroid dienone is 4. The van der Waals surface area contributed by atoms with E-state index in [0.29, 0.717) is 6.54 Å². The van der Waals surface area contributed by atoms with Crippen LogP contribution in [0.25, 0.3) is 33.1 Å². The van der Waals surface area contributed by atoms with E-state index in [-0.39, 0.29) is 0 Å². The Bertz CT molecular complexity index is 1970. The molecule has 0 atom stereocenters. The molecule has 1 aromatic heterocycles. The summed E-state index contributed by atoms with van der Waals surface area (Å²) >= 11 is 0. The van der Waals surface area contributed by atoms with Crippen LogP contribution >= 0.6 is 0 Å². The van der Waals surface area contributed by atoms with E-state index < -0.39 is 0 Å². The van der Waals surface area contributed by atoms with Crippen molar-refractivity contribution in [3.63, 3.8) is 0 Å². The highest BCUT2D eigenvalue weighted by Gasteiger charge is 2.14. The lowest BCUT2D eigenvalue weighted by molar-refractivity contribution is 1.04. The van der Waals surface area contributed by atoms with Crippen molar-refractivity contribution in [3.8, 4) is 5.69 Å². The minimum atomic E-state index is 0.574. The van der Waals surface area contributed by atoms with Gasteiger partial charge in [0, 0.05) is 28.2 Å². The summed E-state index contributed by atoms with van der Waals surface area (Å²) in [6.45, 7) is 0.574. The molecule has 1 aliphatic carbocycles. The first kappa shape index (κ1) is 25.7. The third-order valence-corrected chi connectivity index (χ3v) is 7.77. The zero-order valence-corrected chi connectivity index (χ0v) is 23.4. The molecular weight excluding hydrogens is 510 g/mol. The van der Waals surface area contributed by atoms with E-state index in [0.717, 1.165) is 41.1 Å². The quantitative estimate of drug-likeness (QED) is 0.148. The number of hydrogen-bond donors (Lipinski definition) is 0. The van der Waals surface area contributed by atoms with Crippen molar-refractivity contribution in [2.24, 2.45) is 9.98 Å². The summed E-state index contributed by atoms with van der Waals surface area (Å²) in [4.78, 5) is 9.76. The van der Waals surface area contributed by atoms with E-state index in [1.807, 2.05) is 42.6 Å². The average Bonchev–Trinajstić information content (AvgIpc) is 3.40. The number of nitrogens with zero attached hydrogens (tertiary/aromatic N) is 3. The first-order valence-electron chi connectivity index (χ1n) is 14.5. The van der Waals surface area contributed by atoms with Gasteiger partial charge in [0.1, 0.15) is 0 Å². The molecule has 5 aromatic carbocycles. The standard InChI is InChI=1S/C39H31N3/c1-4-12-29(13-5-1)27-40-39(41-28-30-14-6-2-7-15-30)32-20-23-34(24-21-32)42-37-19-11-10-18-35(37)36-26-33(22-25-38(36)42)31-16-8-3-9-17-31/h1-2,4-8,10-27H,3,9,28H2. The van der Waals surface area contributed by atoms with Crippen molar-refractivity contribution >= 4 is 39.4 Å². The third-order valence-electron chi connectivity index (χ3n) is 7.77. The van der Waals surface area contributed by atoms with Crippen LogP contribution in [0, 0.1) is 0 Å². The summed E-state index contributed by atoms with van der Waals surface area (Å²) < 4.78 is 2.36. The Morgan fingerprint density at radius 2 is 1.43 bits per heavy atom. The molecule has 0 unspecified atom stereocenters. The van der Waals surface area contributed by atoms with Gasteiger partial charge in [-0.1, -0.05) is 103 Å². The maximum Gasteiger partial charge on any atom is 0.154 e. The van der Waals surface area contributed by atoms with Crippen LogP contribution in [0.15, 0.2) is 156 Å². The predicted molar refractivity (Wildman–Crippen MR) is 178 cm³/mol. The molecule has 0 amide bonds. The second-order valence-corrected chi connectivity index (χ2v) is 10.6. The van der Waals surface area contributed by atoms with Crippen molar-refractivity contribution in [2.45, 2.75) is 19.4 Å². The number of aromatic nitrogens is 1. The van der Waals surface area contributed by atoms with Crippen molar-refractivity contribution < 1.29 is 0 Å².